The van der Waals surface area contributed by atoms with Gasteiger partial charge in [0.25, 0.3) is 0 Å². The molecule has 0 aliphatic heterocycles. The minimum Gasteiger partial charge on any atom is -0.391 e. The fraction of sp³-hybridized carbons (Fsp3) is 0.250. The first-order valence-corrected chi connectivity index (χ1v) is 8.40. The molecule has 0 spiro atoms. The highest BCUT2D eigenvalue weighted by Gasteiger charge is 2.34. The summed E-state index contributed by atoms with van der Waals surface area (Å²) in [7, 11) is -3.91. The van der Waals surface area contributed by atoms with Crippen molar-refractivity contribution < 1.29 is 17.9 Å². The molecule has 2 aromatic carbocycles. The van der Waals surface area contributed by atoms with Crippen LogP contribution in [-0.2, 0) is 16.4 Å². The van der Waals surface area contributed by atoms with Gasteiger partial charge in [-0.05, 0) is 41.8 Å². The molecule has 2 atom stereocenters. The standard InChI is InChI=1S/C16H16FNO3S/c1-10-6-12(17)9-13(7-10)22(20,21)18-16-14-5-3-2-4-11(14)8-15(16)19/h2-7,9,15-16,18-19H,8H2,1H3/t15-,16+/m1/s1. The van der Waals surface area contributed by atoms with Crippen molar-refractivity contribution in [2.24, 2.45) is 0 Å². The highest BCUT2D eigenvalue weighted by atomic mass is 32.2. The van der Waals surface area contributed by atoms with E-state index in [0.29, 0.717) is 12.0 Å². The zero-order valence-electron chi connectivity index (χ0n) is 12.0. The fourth-order valence-electron chi connectivity index (χ4n) is 2.81. The summed E-state index contributed by atoms with van der Waals surface area (Å²) in [4.78, 5) is -0.137. The molecule has 0 amide bonds. The van der Waals surface area contributed by atoms with Crippen LogP contribution < -0.4 is 4.72 Å². The predicted octanol–water partition coefficient (Wildman–Crippen LogP) is 2.07. The maximum absolute atomic E-state index is 13.4. The van der Waals surface area contributed by atoms with Crippen LogP contribution in [0, 0.1) is 12.7 Å². The largest absolute Gasteiger partial charge is 0.391 e. The van der Waals surface area contributed by atoms with Gasteiger partial charge >= 0.3 is 0 Å². The lowest BCUT2D eigenvalue weighted by Gasteiger charge is -2.18. The van der Waals surface area contributed by atoms with Crippen molar-refractivity contribution in [3.05, 3.63) is 65.0 Å². The van der Waals surface area contributed by atoms with Gasteiger partial charge < -0.3 is 5.11 Å². The van der Waals surface area contributed by atoms with Crippen molar-refractivity contribution in [1.29, 1.82) is 0 Å². The van der Waals surface area contributed by atoms with Crippen molar-refractivity contribution in [1.82, 2.24) is 4.72 Å². The van der Waals surface area contributed by atoms with E-state index >= 15 is 0 Å². The first-order valence-electron chi connectivity index (χ1n) is 6.92. The van der Waals surface area contributed by atoms with Crippen LogP contribution in [0.1, 0.15) is 22.7 Å². The second-order valence-corrected chi connectivity index (χ2v) is 7.25. The lowest BCUT2D eigenvalue weighted by atomic mass is 10.1. The summed E-state index contributed by atoms with van der Waals surface area (Å²) in [5.74, 6) is -0.604. The third kappa shape index (κ3) is 2.77. The van der Waals surface area contributed by atoms with Crippen LogP contribution in [0.5, 0.6) is 0 Å². The van der Waals surface area contributed by atoms with E-state index in [0.717, 1.165) is 17.2 Å². The molecule has 0 saturated carbocycles. The van der Waals surface area contributed by atoms with Crippen molar-refractivity contribution in [2.45, 2.75) is 30.4 Å². The molecule has 2 aromatic rings. The number of rotatable bonds is 3. The monoisotopic (exact) mass is 321 g/mol. The lowest BCUT2D eigenvalue weighted by Crippen LogP contribution is -2.34. The number of nitrogens with one attached hydrogen (secondary N) is 1. The van der Waals surface area contributed by atoms with E-state index in [1.54, 1.807) is 19.1 Å². The highest BCUT2D eigenvalue weighted by molar-refractivity contribution is 7.89. The van der Waals surface area contributed by atoms with Gasteiger partial charge in [-0.15, -0.1) is 0 Å². The Morgan fingerprint density at radius 1 is 1.23 bits per heavy atom. The average Bonchev–Trinajstić information content (AvgIpc) is 2.74. The normalized spacial score (nSPS) is 20.9. The molecule has 22 heavy (non-hydrogen) atoms. The van der Waals surface area contributed by atoms with Gasteiger partial charge in [-0.25, -0.2) is 17.5 Å². The molecule has 6 heteroatoms. The topological polar surface area (TPSA) is 66.4 Å². The van der Waals surface area contributed by atoms with Crippen LogP contribution in [-0.4, -0.2) is 19.6 Å². The number of aryl methyl sites for hydroxylation is 1. The number of sulfonamides is 1. The van der Waals surface area contributed by atoms with Crippen molar-refractivity contribution in [3.8, 4) is 0 Å². The highest BCUT2D eigenvalue weighted by Crippen LogP contribution is 2.32. The molecular formula is C16H16FNO3S. The molecule has 116 valence electrons. The average molecular weight is 321 g/mol. The summed E-state index contributed by atoms with van der Waals surface area (Å²) >= 11 is 0. The van der Waals surface area contributed by atoms with E-state index in [1.807, 2.05) is 12.1 Å². The first kappa shape index (κ1) is 15.1. The Labute approximate surface area is 128 Å². The zero-order valence-corrected chi connectivity index (χ0v) is 12.8. The summed E-state index contributed by atoms with van der Waals surface area (Å²) in [5, 5.41) is 10.1. The second kappa shape index (κ2) is 5.46. The van der Waals surface area contributed by atoms with Gasteiger partial charge in [0.2, 0.25) is 10.0 Å². The molecule has 0 bridgehead atoms. The molecule has 3 rings (SSSR count). The predicted molar refractivity (Wildman–Crippen MR) is 80.4 cm³/mol. The Hall–Kier alpha value is -1.76. The molecule has 0 fully saturated rings. The molecule has 4 nitrogen and oxygen atoms in total. The molecule has 0 aromatic heterocycles. The molecule has 2 N–H and O–H groups in total. The number of halogens is 1. The Morgan fingerprint density at radius 3 is 2.68 bits per heavy atom. The summed E-state index contributed by atoms with van der Waals surface area (Å²) in [6, 6.07) is 10.2. The van der Waals surface area contributed by atoms with Crippen LogP contribution in [0.3, 0.4) is 0 Å². The van der Waals surface area contributed by atoms with E-state index in [4.69, 9.17) is 0 Å². The number of benzene rings is 2. The summed E-state index contributed by atoms with van der Waals surface area (Å²) in [5.41, 5.74) is 2.19. The van der Waals surface area contributed by atoms with Crippen LogP contribution in [0.15, 0.2) is 47.4 Å². The van der Waals surface area contributed by atoms with Gasteiger partial charge in [0.15, 0.2) is 0 Å². The molecule has 1 aliphatic rings. The van der Waals surface area contributed by atoms with Crippen LogP contribution in [0.25, 0.3) is 0 Å². The van der Waals surface area contributed by atoms with E-state index in [1.165, 1.54) is 12.1 Å². The van der Waals surface area contributed by atoms with Crippen molar-refractivity contribution in [3.63, 3.8) is 0 Å². The fourth-order valence-corrected chi connectivity index (χ4v) is 4.17. The van der Waals surface area contributed by atoms with Crippen LogP contribution >= 0.6 is 0 Å². The van der Waals surface area contributed by atoms with Crippen molar-refractivity contribution >= 4 is 10.0 Å². The number of hydrogen-bond donors (Lipinski definition) is 2. The summed E-state index contributed by atoms with van der Waals surface area (Å²) in [6.45, 7) is 1.63. The van der Waals surface area contributed by atoms with E-state index in [2.05, 4.69) is 4.72 Å². The van der Waals surface area contributed by atoms with Gasteiger partial charge in [-0.3, -0.25) is 0 Å². The minimum absolute atomic E-state index is 0.137. The smallest absolute Gasteiger partial charge is 0.241 e. The molecule has 0 saturated heterocycles. The number of fused-ring (bicyclic) bond motifs is 1. The Kier molecular flexibility index (Phi) is 3.76. The van der Waals surface area contributed by atoms with Crippen LogP contribution in [0.4, 0.5) is 4.39 Å². The lowest BCUT2D eigenvalue weighted by molar-refractivity contribution is 0.151. The van der Waals surface area contributed by atoms with Gasteiger partial charge in [-0.1, -0.05) is 24.3 Å². The van der Waals surface area contributed by atoms with Crippen LogP contribution in [0.2, 0.25) is 0 Å². The Morgan fingerprint density at radius 2 is 1.95 bits per heavy atom. The maximum Gasteiger partial charge on any atom is 0.241 e. The summed E-state index contributed by atoms with van der Waals surface area (Å²) < 4.78 is 40.9. The SMILES string of the molecule is Cc1cc(F)cc(S(=O)(=O)N[C@H]2c3ccccc3C[C@H]2O)c1. The summed E-state index contributed by atoms with van der Waals surface area (Å²) in [6.07, 6.45) is -0.437. The van der Waals surface area contributed by atoms with E-state index in [-0.39, 0.29) is 4.90 Å². The molecule has 0 heterocycles. The van der Waals surface area contributed by atoms with Gasteiger partial charge in [-0.2, -0.15) is 0 Å². The van der Waals surface area contributed by atoms with E-state index < -0.39 is 28.0 Å². The molecule has 0 radical (unpaired) electrons. The minimum atomic E-state index is -3.91. The molecule has 0 unspecified atom stereocenters. The number of aliphatic hydroxyl groups excluding tert-OH is 1. The first-order chi connectivity index (χ1) is 10.4. The van der Waals surface area contributed by atoms with Crippen molar-refractivity contribution in [2.75, 3.05) is 0 Å². The Balaban J connectivity index is 1.95. The quantitative estimate of drug-likeness (QED) is 0.909. The maximum atomic E-state index is 13.4. The molecule has 1 aliphatic carbocycles. The third-order valence-corrected chi connectivity index (χ3v) is 5.23. The Bertz CT molecular complexity index is 800. The second-order valence-electron chi connectivity index (χ2n) is 5.53. The van der Waals surface area contributed by atoms with Gasteiger partial charge in [0, 0.05) is 6.42 Å². The van der Waals surface area contributed by atoms with Gasteiger partial charge in [0.05, 0.1) is 17.0 Å². The number of hydrogen-bond acceptors (Lipinski definition) is 3. The van der Waals surface area contributed by atoms with E-state index in [9.17, 15) is 17.9 Å². The number of aliphatic hydroxyl groups is 1. The van der Waals surface area contributed by atoms with Gasteiger partial charge in [0.1, 0.15) is 5.82 Å². The zero-order chi connectivity index (χ0) is 15.9. The molecular weight excluding hydrogens is 305 g/mol. The third-order valence-electron chi connectivity index (χ3n) is 3.81.